The first-order valence-electron chi connectivity index (χ1n) is 4.56. The van der Waals surface area contributed by atoms with Crippen LogP contribution in [-0.2, 0) is 4.74 Å². The van der Waals surface area contributed by atoms with Crippen LogP contribution in [0.25, 0.3) is 0 Å². The molecule has 13 heavy (non-hydrogen) atoms. The monoisotopic (exact) mass is 182 g/mol. The van der Waals surface area contributed by atoms with Crippen LogP contribution in [-0.4, -0.2) is 18.8 Å². The summed E-state index contributed by atoms with van der Waals surface area (Å²) in [5.74, 6) is 0. The Hall–Kier alpha value is -0.860. The molecule has 0 fully saturated rings. The van der Waals surface area contributed by atoms with E-state index in [9.17, 15) is 5.11 Å². The highest BCUT2D eigenvalue weighted by Gasteiger charge is 2.03. The summed E-state index contributed by atoms with van der Waals surface area (Å²) in [5.41, 5.74) is 0.898. The zero-order chi connectivity index (χ0) is 10.1. The van der Waals surface area contributed by atoms with Crippen molar-refractivity contribution in [2.75, 3.05) is 13.7 Å². The number of hydrogen-bond acceptors (Lipinski definition) is 2. The molecule has 0 spiro atoms. The Morgan fingerprint density at radius 2 is 1.77 bits per heavy atom. The van der Waals surface area contributed by atoms with Crippen molar-refractivity contribution in [2.24, 2.45) is 0 Å². The molecule has 0 aromatic heterocycles. The fourth-order valence-corrected chi connectivity index (χ4v) is 0.929. The Labute approximate surface area is 80.2 Å². The van der Waals surface area contributed by atoms with E-state index in [1.54, 1.807) is 7.11 Å². The summed E-state index contributed by atoms with van der Waals surface area (Å²) in [7, 11) is 1.58. The van der Waals surface area contributed by atoms with Gasteiger partial charge in [0.2, 0.25) is 0 Å². The van der Waals surface area contributed by atoms with E-state index in [1.807, 2.05) is 44.2 Å². The van der Waals surface area contributed by atoms with E-state index in [1.165, 1.54) is 0 Å². The summed E-state index contributed by atoms with van der Waals surface area (Å²) in [6.45, 7) is 4.35. The molecule has 0 saturated heterocycles. The lowest BCUT2D eigenvalue weighted by Gasteiger charge is -2.08. The predicted octanol–water partition coefficient (Wildman–Crippen LogP) is 2.39. The van der Waals surface area contributed by atoms with Crippen molar-refractivity contribution in [1.82, 2.24) is 0 Å². The molecule has 1 aromatic carbocycles. The van der Waals surface area contributed by atoms with Crippen LogP contribution in [0.15, 0.2) is 30.3 Å². The Morgan fingerprint density at radius 1 is 1.23 bits per heavy atom. The average molecular weight is 182 g/mol. The van der Waals surface area contributed by atoms with Crippen molar-refractivity contribution >= 4 is 0 Å². The third kappa shape index (κ3) is 4.65. The molecule has 1 aromatic rings. The van der Waals surface area contributed by atoms with Crippen LogP contribution in [0.5, 0.6) is 0 Å². The van der Waals surface area contributed by atoms with Gasteiger partial charge in [0.1, 0.15) is 6.10 Å². The van der Waals surface area contributed by atoms with Crippen LogP contribution in [0.2, 0.25) is 0 Å². The molecule has 0 radical (unpaired) electrons. The molecular formula is C11H18O2. The van der Waals surface area contributed by atoms with Gasteiger partial charge < -0.3 is 9.84 Å². The molecule has 0 amide bonds. The minimum atomic E-state index is -0.499. The Kier molecular flexibility index (Phi) is 7.26. The Balaban J connectivity index is 0.000000671. The van der Waals surface area contributed by atoms with Crippen LogP contribution < -0.4 is 0 Å². The van der Waals surface area contributed by atoms with E-state index in [0.29, 0.717) is 6.61 Å². The molecule has 2 heteroatoms. The fourth-order valence-electron chi connectivity index (χ4n) is 0.929. The summed E-state index contributed by atoms with van der Waals surface area (Å²) >= 11 is 0. The molecule has 0 bridgehead atoms. The topological polar surface area (TPSA) is 29.5 Å². The van der Waals surface area contributed by atoms with Crippen molar-refractivity contribution in [2.45, 2.75) is 20.0 Å². The van der Waals surface area contributed by atoms with Crippen molar-refractivity contribution in [3.05, 3.63) is 35.9 Å². The van der Waals surface area contributed by atoms with Crippen LogP contribution in [0.4, 0.5) is 0 Å². The summed E-state index contributed by atoms with van der Waals surface area (Å²) in [6.07, 6.45) is -0.499. The summed E-state index contributed by atoms with van der Waals surface area (Å²) in [5, 5.41) is 9.40. The summed E-state index contributed by atoms with van der Waals surface area (Å²) < 4.78 is 4.81. The van der Waals surface area contributed by atoms with Gasteiger partial charge in [0.05, 0.1) is 6.61 Å². The first-order valence-corrected chi connectivity index (χ1v) is 4.56. The summed E-state index contributed by atoms with van der Waals surface area (Å²) in [4.78, 5) is 0. The Morgan fingerprint density at radius 3 is 2.23 bits per heavy atom. The number of ether oxygens (including phenoxy) is 1. The van der Waals surface area contributed by atoms with Gasteiger partial charge >= 0.3 is 0 Å². The Bertz CT molecular complexity index is 197. The molecule has 2 nitrogen and oxygen atoms in total. The summed E-state index contributed by atoms with van der Waals surface area (Å²) in [6, 6.07) is 9.47. The van der Waals surface area contributed by atoms with Gasteiger partial charge in [-0.2, -0.15) is 0 Å². The molecule has 74 valence electrons. The van der Waals surface area contributed by atoms with Crippen molar-refractivity contribution in [3.63, 3.8) is 0 Å². The molecule has 0 heterocycles. The number of aliphatic hydroxyl groups excluding tert-OH is 1. The standard InChI is InChI=1S/C9H12O2.C2H6/c1-11-7-9(10)8-5-3-2-4-6-8;1-2/h2-6,9-10H,7H2,1H3;1-2H3. The second kappa shape index (κ2) is 7.77. The highest BCUT2D eigenvalue weighted by Crippen LogP contribution is 2.11. The molecule has 0 aliphatic rings. The SMILES string of the molecule is CC.COCC(O)c1ccccc1. The first kappa shape index (κ1) is 12.1. The van der Waals surface area contributed by atoms with Crippen LogP contribution in [0.1, 0.15) is 25.5 Å². The maximum absolute atomic E-state index is 9.40. The maximum Gasteiger partial charge on any atom is 0.102 e. The number of aliphatic hydroxyl groups is 1. The number of benzene rings is 1. The van der Waals surface area contributed by atoms with Gasteiger partial charge in [0.25, 0.3) is 0 Å². The molecule has 0 aliphatic carbocycles. The molecule has 1 rings (SSSR count). The first-order chi connectivity index (χ1) is 6.34. The fraction of sp³-hybridized carbons (Fsp3) is 0.455. The predicted molar refractivity (Wildman–Crippen MR) is 54.6 cm³/mol. The molecule has 1 N–H and O–H groups in total. The lowest BCUT2D eigenvalue weighted by Crippen LogP contribution is -2.04. The van der Waals surface area contributed by atoms with Gasteiger partial charge in [0.15, 0.2) is 0 Å². The minimum absolute atomic E-state index is 0.351. The highest BCUT2D eigenvalue weighted by molar-refractivity contribution is 5.17. The van der Waals surface area contributed by atoms with E-state index >= 15 is 0 Å². The molecule has 1 unspecified atom stereocenters. The number of rotatable bonds is 3. The largest absolute Gasteiger partial charge is 0.386 e. The molecule has 1 atom stereocenters. The third-order valence-corrected chi connectivity index (χ3v) is 1.51. The van der Waals surface area contributed by atoms with Crippen molar-refractivity contribution in [1.29, 1.82) is 0 Å². The van der Waals surface area contributed by atoms with Crippen LogP contribution in [0, 0.1) is 0 Å². The van der Waals surface area contributed by atoms with Crippen molar-refractivity contribution in [3.8, 4) is 0 Å². The number of hydrogen-bond donors (Lipinski definition) is 1. The highest BCUT2D eigenvalue weighted by atomic mass is 16.5. The average Bonchev–Trinajstić information content (AvgIpc) is 2.23. The zero-order valence-corrected chi connectivity index (χ0v) is 8.53. The number of methoxy groups -OCH3 is 1. The van der Waals surface area contributed by atoms with E-state index < -0.39 is 6.10 Å². The maximum atomic E-state index is 9.40. The second-order valence-corrected chi connectivity index (χ2v) is 2.38. The minimum Gasteiger partial charge on any atom is -0.386 e. The van der Waals surface area contributed by atoms with Crippen LogP contribution >= 0.6 is 0 Å². The third-order valence-electron chi connectivity index (χ3n) is 1.51. The zero-order valence-electron chi connectivity index (χ0n) is 8.53. The quantitative estimate of drug-likeness (QED) is 0.777. The second-order valence-electron chi connectivity index (χ2n) is 2.38. The smallest absolute Gasteiger partial charge is 0.102 e. The van der Waals surface area contributed by atoms with Gasteiger partial charge in [-0.15, -0.1) is 0 Å². The molecular weight excluding hydrogens is 164 g/mol. The van der Waals surface area contributed by atoms with E-state index in [4.69, 9.17) is 4.74 Å². The van der Waals surface area contributed by atoms with Gasteiger partial charge in [0, 0.05) is 7.11 Å². The van der Waals surface area contributed by atoms with Gasteiger partial charge in [-0.3, -0.25) is 0 Å². The van der Waals surface area contributed by atoms with Gasteiger partial charge in [-0.1, -0.05) is 44.2 Å². The van der Waals surface area contributed by atoms with Gasteiger partial charge in [-0.05, 0) is 5.56 Å². The molecule has 0 saturated carbocycles. The van der Waals surface area contributed by atoms with Crippen LogP contribution in [0.3, 0.4) is 0 Å². The van der Waals surface area contributed by atoms with E-state index in [0.717, 1.165) is 5.56 Å². The normalized spacial score (nSPS) is 11.4. The van der Waals surface area contributed by atoms with E-state index in [-0.39, 0.29) is 0 Å². The van der Waals surface area contributed by atoms with E-state index in [2.05, 4.69) is 0 Å². The molecule has 0 aliphatic heterocycles. The van der Waals surface area contributed by atoms with Gasteiger partial charge in [-0.25, -0.2) is 0 Å². The van der Waals surface area contributed by atoms with Crippen molar-refractivity contribution < 1.29 is 9.84 Å². The lowest BCUT2D eigenvalue weighted by atomic mass is 10.1. The lowest BCUT2D eigenvalue weighted by molar-refractivity contribution is 0.0644.